The van der Waals surface area contributed by atoms with E-state index in [4.69, 9.17) is 11.5 Å². The van der Waals surface area contributed by atoms with Crippen molar-refractivity contribution in [2.24, 2.45) is 11.5 Å². The van der Waals surface area contributed by atoms with Crippen LogP contribution in [0.2, 0.25) is 0 Å². The Bertz CT molecular complexity index is 542. The first-order valence-electron chi connectivity index (χ1n) is 5.38. The molecule has 0 aliphatic heterocycles. The Morgan fingerprint density at radius 3 is 2.56 bits per heavy atom. The standard InChI is InChI=1S/C11H17N3O3S/c1-8(7-12)14(2)18(16,17)10-5-3-4-9(6-10)11(13)15/h3-6,8H,7,12H2,1-2H3,(H2,13,15). The molecular weight excluding hydrogens is 254 g/mol. The fraction of sp³-hybridized carbons (Fsp3) is 0.364. The van der Waals surface area contributed by atoms with Crippen molar-refractivity contribution >= 4 is 15.9 Å². The van der Waals surface area contributed by atoms with Gasteiger partial charge in [-0.15, -0.1) is 0 Å². The predicted molar refractivity (Wildman–Crippen MR) is 68.4 cm³/mol. The summed E-state index contributed by atoms with van der Waals surface area (Å²) in [4.78, 5) is 11.1. The highest BCUT2D eigenvalue weighted by atomic mass is 32.2. The molecule has 18 heavy (non-hydrogen) atoms. The molecule has 4 N–H and O–H groups in total. The van der Waals surface area contributed by atoms with Crippen molar-refractivity contribution in [3.8, 4) is 0 Å². The van der Waals surface area contributed by atoms with Crippen molar-refractivity contribution in [1.82, 2.24) is 4.31 Å². The number of sulfonamides is 1. The molecule has 1 atom stereocenters. The zero-order valence-electron chi connectivity index (χ0n) is 10.3. The highest BCUT2D eigenvalue weighted by molar-refractivity contribution is 7.89. The van der Waals surface area contributed by atoms with Crippen molar-refractivity contribution in [1.29, 1.82) is 0 Å². The largest absolute Gasteiger partial charge is 0.366 e. The van der Waals surface area contributed by atoms with Crippen LogP contribution in [0.4, 0.5) is 0 Å². The van der Waals surface area contributed by atoms with Crippen LogP contribution in [0, 0.1) is 0 Å². The van der Waals surface area contributed by atoms with E-state index in [9.17, 15) is 13.2 Å². The second-order valence-corrected chi connectivity index (χ2v) is 6.00. The second kappa shape index (κ2) is 5.47. The fourth-order valence-electron chi connectivity index (χ4n) is 1.36. The van der Waals surface area contributed by atoms with Crippen molar-refractivity contribution < 1.29 is 13.2 Å². The van der Waals surface area contributed by atoms with Gasteiger partial charge in [-0.1, -0.05) is 6.07 Å². The Morgan fingerprint density at radius 1 is 1.44 bits per heavy atom. The predicted octanol–water partition coefficient (Wildman–Crippen LogP) is -0.247. The zero-order chi connectivity index (χ0) is 13.9. The van der Waals surface area contributed by atoms with Crippen LogP contribution in [0.3, 0.4) is 0 Å². The minimum Gasteiger partial charge on any atom is -0.366 e. The van der Waals surface area contributed by atoms with E-state index < -0.39 is 15.9 Å². The first kappa shape index (κ1) is 14.6. The monoisotopic (exact) mass is 271 g/mol. The van der Waals surface area contributed by atoms with Crippen LogP contribution in [0.1, 0.15) is 17.3 Å². The zero-order valence-corrected chi connectivity index (χ0v) is 11.1. The highest BCUT2D eigenvalue weighted by Crippen LogP contribution is 2.17. The molecule has 0 heterocycles. The number of hydrogen-bond donors (Lipinski definition) is 2. The summed E-state index contributed by atoms with van der Waals surface area (Å²) in [5.74, 6) is -0.665. The molecular formula is C11H17N3O3S. The van der Waals surface area contributed by atoms with E-state index in [0.717, 1.165) is 0 Å². The number of benzene rings is 1. The van der Waals surface area contributed by atoms with Crippen molar-refractivity contribution in [2.75, 3.05) is 13.6 Å². The van der Waals surface area contributed by atoms with Gasteiger partial charge in [0.05, 0.1) is 4.90 Å². The molecule has 7 heteroatoms. The van der Waals surface area contributed by atoms with E-state index in [0.29, 0.717) is 0 Å². The van der Waals surface area contributed by atoms with Gasteiger partial charge >= 0.3 is 0 Å². The van der Waals surface area contributed by atoms with Crippen LogP contribution in [-0.2, 0) is 10.0 Å². The molecule has 0 bridgehead atoms. The summed E-state index contributed by atoms with van der Waals surface area (Å²) in [7, 11) is -2.21. The normalized spacial score (nSPS) is 13.6. The van der Waals surface area contributed by atoms with E-state index in [1.165, 1.54) is 35.6 Å². The molecule has 0 radical (unpaired) electrons. The number of amides is 1. The van der Waals surface area contributed by atoms with E-state index in [-0.39, 0.29) is 23.0 Å². The second-order valence-electron chi connectivity index (χ2n) is 4.00. The van der Waals surface area contributed by atoms with Gasteiger partial charge in [0, 0.05) is 25.2 Å². The molecule has 0 aromatic heterocycles. The van der Waals surface area contributed by atoms with Gasteiger partial charge in [-0.05, 0) is 25.1 Å². The van der Waals surface area contributed by atoms with Crippen molar-refractivity contribution in [2.45, 2.75) is 17.9 Å². The number of carbonyl (C=O) groups is 1. The van der Waals surface area contributed by atoms with Gasteiger partial charge < -0.3 is 11.5 Å². The van der Waals surface area contributed by atoms with Gasteiger partial charge in [-0.3, -0.25) is 4.79 Å². The Hall–Kier alpha value is -1.44. The summed E-state index contributed by atoms with van der Waals surface area (Å²) in [6.45, 7) is 1.92. The van der Waals surface area contributed by atoms with Gasteiger partial charge in [-0.25, -0.2) is 8.42 Å². The summed E-state index contributed by atoms with van der Waals surface area (Å²) in [5.41, 5.74) is 10.7. The maximum Gasteiger partial charge on any atom is 0.248 e. The molecule has 1 rings (SSSR count). The van der Waals surface area contributed by atoms with Crippen LogP contribution in [0.25, 0.3) is 0 Å². The minimum absolute atomic E-state index is 0.0293. The molecule has 100 valence electrons. The van der Waals surface area contributed by atoms with E-state index >= 15 is 0 Å². The lowest BCUT2D eigenvalue weighted by molar-refractivity contribution is 0.1000. The molecule has 0 spiro atoms. The van der Waals surface area contributed by atoms with Gasteiger partial charge in [-0.2, -0.15) is 4.31 Å². The molecule has 0 saturated carbocycles. The highest BCUT2D eigenvalue weighted by Gasteiger charge is 2.25. The smallest absolute Gasteiger partial charge is 0.248 e. The molecule has 1 amide bonds. The Kier molecular flexibility index (Phi) is 4.44. The maximum absolute atomic E-state index is 12.2. The molecule has 0 aliphatic carbocycles. The lowest BCUT2D eigenvalue weighted by atomic mass is 10.2. The number of primary amides is 1. The number of nitrogens with two attached hydrogens (primary N) is 2. The average molecular weight is 271 g/mol. The first-order chi connectivity index (χ1) is 8.30. The summed E-state index contributed by atoms with van der Waals surface area (Å²) >= 11 is 0. The minimum atomic E-state index is -3.66. The van der Waals surface area contributed by atoms with Crippen LogP contribution >= 0.6 is 0 Å². The lowest BCUT2D eigenvalue weighted by Crippen LogP contribution is -2.39. The number of carbonyl (C=O) groups excluding carboxylic acids is 1. The topological polar surface area (TPSA) is 106 Å². The molecule has 0 saturated heterocycles. The third kappa shape index (κ3) is 2.87. The molecule has 6 nitrogen and oxygen atoms in total. The molecule has 1 unspecified atom stereocenters. The fourth-order valence-corrected chi connectivity index (χ4v) is 2.78. The number of hydrogen-bond acceptors (Lipinski definition) is 4. The van der Waals surface area contributed by atoms with E-state index in [2.05, 4.69) is 0 Å². The first-order valence-corrected chi connectivity index (χ1v) is 6.82. The third-order valence-electron chi connectivity index (χ3n) is 2.76. The number of likely N-dealkylation sites (N-methyl/N-ethyl adjacent to an activating group) is 1. The SMILES string of the molecule is CC(CN)N(C)S(=O)(=O)c1cccc(C(N)=O)c1. The lowest BCUT2D eigenvalue weighted by Gasteiger charge is -2.23. The Labute approximate surface area is 107 Å². The Morgan fingerprint density at radius 2 is 2.06 bits per heavy atom. The van der Waals surface area contributed by atoms with Gasteiger partial charge in [0.2, 0.25) is 15.9 Å². The molecule has 0 aliphatic rings. The maximum atomic E-state index is 12.2. The van der Waals surface area contributed by atoms with E-state index in [1.807, 2.05) is 0 Å². The molecule has 1 aromatic rings. The van der Waals surface area contributed by atoms with Crippen LogP contribution < -0.4 is 11.5 Å². The Balaban J connectivity index is 3.20. The van der Waals surface area contributed by atoms with Crippen molar-refractivity contribution in [3.63, 3.8) is 0 Å². The van der Waals surface area contributed by atoms with E-state index in [1.54, 1.807) is 6.92 Å². The molecule has 0 fully saturated rings. The number of rotatable bonds is 5. The van der Waals surface area contributed by atoms with Crippen LogP contribution in [0.15, 0.2) is 29.2 Å². The summed E-state index contributed by atoms with van der Waals surface area (Å²) in [5, 5.41) is 0. The average Bonchev–Trinajstić information content (AvgIpc) is 2.36. The number of nitrogens with zero attached hydrogens (tertiary/aromatic N) is 1. The van der Waals surface area contributed by atoms with Gasteiger partial charge in [0.15, 0.2) is 0 Å². The summed E-state index contributed by atoms with van der Waals surface area (Å²) < 4.78 is 25.6. The third-order valence-corrected chi connectivity index (χ3v) is 4.73. The summed E-state index contributed by atoms with van der Waals surface area (Å²) in [6.07, 6.45) is 0. The molecule has 1 aromatic carbocycles. The van der Waals surface area contributed by atoms with Gasteiger partial charge in [0.25, 0.3) is 0 Å². The quantitative estimate of drug-likeness (QED) is 0.770. The van der Waals surface area contributed by atoms with Crippen LogP contribution in [-0.4, -0.2) is 38.3 Å². The van der Waals surface area contributed by atoms with Gasteiger partial charge in [0.1, 0.15) is 0 Å². The van der Waals surface area contributed by atoms with Crippen molar-refractivity contribution in [3.05, 3.63) is 29.8 Å². The van der Waals surface area contributed by atoms with Crippen LogP contribution in [0.5, 0.6) is 0 Å². The summed E-state index contributed by atoms with van der Waals surface area (Å²) in [6, 6.07) is 5.30.